The molecule has 2 rings (SSSR count). The Hall–Kier alpha value is -2.31. The summed E-state index contributed by atoms with van der Waals surface area (Å²) >= 11 is 0. The van der Waals surface area contributed by atoms with E-state index in [0.29, 0.717) is 51.4 Å². The van der Waals surface area contributed by atoms with Crippen LogP contribution in [0.5, 0.6) is 0 Å². The second kappa shape index (κ2) is 7.63. The average Bonchev–Trinajstić information content (AvgIpc) is 3.00. The topological polar surface area (TPSA) is 71.8 Å². The van der Waals surface area contributed by atoms with Crippen molar-refractivity contribution in [3.63, 3.8) is 0 Å². The van der Waals surface area contributed by atoms with E-state index in [0.717, 1.165) is 6.29 Å². The largest absolute Gasteiger partial charge is 0.450 e. The summed E-state index contributed by atoms with van der Waals surface area (Å²) in [5, 5.41) is 0. The molecule has 7 heteroatoms. The monoisotopic (exact) mass is 307 g/mol. The fraction of sp³-hybridized carbons (Fsp3) is 0.533. The molecule has 120 valence electrons. The van der Waals surface area contributed by atoms with E-state index < -0.39 is 0 Å². The van der Waals surface area contributed by atoms with Crippen molar-refractivity contribution in [3.05, 3.63) is 24.0 Å². The molecular formula is C15H21N3O4. The summed E-state index contributed by atoms with van der Waals surface area (Å²) < 4.78 is 6.71. The second-order valence-corrected chi connectivity index (χ2v) is 5.06. The molecule has 0 atom stereocenters. The quantitative estimate of drug-likeness (QED) is 0.761. The van der Waals surface area contributed by atoms with Crippen LogP contribution >= 0.6 is 0 Å². The van der Waals surface area contributed by atoms with E-state index in [1.165, 1.54) is 0 Å². The molecule has 0 aliphatic carbocycles. The predicted octanol–water partition coefficient (Wildman–Crippen LogP) is 0.991. The number of hydrogen-bond acceptors (Lipinski definition) is 4. The van der Waals surface area contributed by atoms with E-state index >= 15 is 0 Å². The summed E-state index contributed by atoms with van der Waals surface area (Å²) in [6, 6.07) is 3.50. The fourth-order valence-corrected chi connectivity index (χ4v) is 2.47. The minimum atomic E-state index is -0.322. The lowest BCUT2D eigenvalue weighted by Crippen LogP contribution is -2.50. The number of ether oxygens (including phenoxy) is 1. The fourth-order valence-electron chi connectivity index (χ4n) is 2.47. The Bertz CT molecular complexity index is 533. The van der Waals surface area contributed by atoms with Gasteiger partial charge in [0.15, 0.2) is 6.29 Å². The van der Waals surface area contributed by atoms with Gasteiger partial charge in [0, 0.05) is 45.3 Å². The van der Waals surface area contributed by atoms with Crippen LogP contribution in [0.2, 0.25) is 0 Å². The molecule has 2 heterocycles. The van der Waals surface area contributed by atoms with Crippen LogP contribution in [0.15, 0.2) is 18.3 Å². The number of amides is 2. The average molecular weight is 307 g/mol. The number of aromatic nitrogens is 1. The Morgan fingerprint density at radius 2 is 1.91 bits per heavy atom. The third-order valence-electron chi connectivity index (χ3n) is 3.71. The molecule has 0 aromatic carbocycles. The maximum atomic E-state index is 12.2. The maximum Gasteiger partial charge on any atom is 0.409 e. The van der Waals surface area contributed by atoms with Crippen LogP contribution in [0.1, 0.15) is 23.8 Å². The number of carbonyl (C=O) groups excluding carboxylic acids is 3. The Balaban J connectivity index is 1.78. The van der Waals surface area contributed by atoms with Gasteiger partial charge in [-0.15, -0.1) is 0 Å². The number of aryl methyl sites for hydroxylation is 1. The standard InChI is InChI=1S/C15H21N3O4/c1-2-22-15(21)18-10-8-17(9-11-18)14(20)5-7-16-6-3-4-13(16)12-19/h3-4,6,12H,2,5,7-11H2,1H3. The first-order chi connectivity index (χ1) is 10.7. The van der Waals surface area contributed by atoms with Gasteiger partial charge < -0.3 is 19.1 Å². The Morgan fingerprint density at radius 1 is 1.23 bits per heavy atom. The smallest absolute Gasteiger partial charge is 0.409 e. The molecule has 0 saturated carbocycles. The number of carbonyl (C=O) groups is 3. The van der Waals surface area contributed by atoms with E-state index in [9.17, 15) is 14.4 Å². The van der Waals surface area contributed by atoms with Crippen molar-refractivity contribution >= 4 is 18.3 Å². The zero-order valence-electron chi connectivity index (χ0n) is 12.7. The Kier molecular flexibility index (Phi) is 5.57. The highest BCUT2D eigenvalue weighted by Gasteiger charge is 2.24. The minimum Gasteiger partial charge on any atom is -0.450 e. The van der Waals surface area contributed by atoms with Crippen LogP contribution < -0.4 is 0 Å². The summed E-state index contributed by atoms with van der Waals surface area (Å²) in [6.07, 6.45) is 2.59. The zero-order chi connectivity index (χ0) is 15.9. The van der Waals surface area contributed by atoms with Crippen LogP contribution in [-0.4, -0.2) is 65.4 Å². The molecule has 1 aliphatic heterocycles. The van der Waals surface area contributed by atoms with E-state index in [1.54, 1.807) is 39.6 Å². The van der Waals surface area contributed by atoms with Gasteiger partial charge in [0.05, 0.1) is 12.3 Å². The van der Waals surface area contributed by atoms with Gasteiger partial charge in [-0.3, -0.25) is 9.59 Å². The first kappa shape index (κ1) is 16.1. The zero-order valence-corrected chi connectivity index (χ0v) is 12.7. The van der Waals surface area contributed by atoms with Crippen LogP contribution in [0, 0.1) is 0 Å². The van der Waals surface area contributed by atoms with Crippen molar-refractivity contribution in [2.75, 3.05) is 32.8 Å². The van der Waals surface area contributed by atoms with Gasteiger partial charge in [0.2, 0.25) is 5.91 Å². The van der Waals surface area contributed by atoms with Crippen molar-refractivity contribution < 1.29 is 19.1 Å². The number of rotatable bonds is 5. The third kappa shape index (κ3) is 3.87. The molecular weight excluding hydrogens is 286 g/mol. The third-order valence-corrected chi connectivity index (χ3v) is 3.71. The van der Waals surface area contributed by atoms with E-state index in [2.05, 4.69) is 0 Å². The van der Waals surface area contributed by atoms with Crippen molar-refractivity contribution in [1.82, 2.24) is 14.4 Å². The van der Waals surface area contributed by atoms with Crippen LogP contribution in [-0.2, 0) is 16.1 Å². The first-order valence-corrected chi connectivity index (χ1v) is 7.45. The highest BCUT2D eigenvalue weighted by atomic mass is 16.6. The lowest BCUT2D eigenvalue weighted by Gasteiger charge is -2.34. The van der Waals surface area contributed by atoms with Crippen LogP contribution in [0.3, 0.4) is 0 Å². The number of nitrogens with zero attached hydrogens (tertiary/aromatic N) is 3. The van der Waals surface area contributed by atoms with Gasteiger partial charge >= 0.3 is 6.09 Å². The van der Waals surface area contributed by atoms with Crippen molar-refractivity contribution in [3.8, 4) is 0 Å². The van der Waals surface area contributed by atoms with Gasteiger partial charge in [-0.1, -0.05) is 0 Å². The van der Waals surface area contributed by atoms with Crippen molar-refractivity contribution in [2.45, 2.75) is 19.9 Å². The van der Waals surface area contributed by atoms with Crippen molar-refractivity contribution in [2.24, 2.45) is 0 Å². The minimum absolute atomic E-state index is 0.0362. The summed E-state index contributed by atoms with van der Waals surface area (Å²) in [6.45, 7) is 4.63. The molecule has 1 fully saturated rings. The Labute approximate surface area is 129 Å². The molecule has 0 unspecified atom stereocenters. The Morgan fingerprint density at radius 3 is 2.55 bits per heavy atom. The van der Waals surface area contributed by atoms with Gasteiger partial charge in [0.1, 0.15) is 0 Å². The molecule has 1 aromatic heterocycles. The summed E-state index contributed by atoms with van der Waals surface area (Å²) in [5.74, 6) is 0.0362. The number of piperazine rings is 1. The second-order valence-electron chi connectivity index (χ2n) is 5.06. The number of hydrogen-bond donors (Lipinski definition) is 0. The van der Waals surface area contributed by atoms with E-state index in [4.69, 9.17) is 4.74 Å². The molecule has 1 aliphatic rings. The van der Waals surface area contributed by atoms with E-state index in [-0.39, 0.29) is 12.0 Å². The van der Waals surface area contributed by atoms with Gasteiger partial charge in [0.25, 0.3) is 0 Å². The molecule has 22 heavy (non-hydrogen) atoms. The maximum absolute atomic E-state index is 12.2. The van der Waals surface area contributed by atoms with Gasteiger partial charge in [-0.2, -0.15) is 0 Å². The SMILES string of the molecule is CCOC(=O)N1CCN(C(=O)CCn2cccc2C=O)CC1. The lowest BCUT2D eigenvalue weighted by molar-refractivity contribution is -0.133. The van der Waals surface area contributed by atoms with Crippen LogP contribution in [0.4, 0.5) is 4.79 Å². The molecule has 1 saturated heterocycles. The lowest BCUT2D eigenvalue weighted by atomic mass is 10.3. The summed E-state index contributed by atoms with van der Waals surface area (Å²) in [4.78, 5) is 38.0. The molecule has 0 spiro atoms. The van der Waals surface area contributed by atoms with Crippen molar-refractivity contribution in [1.29, 1.82) is 0 Å². The van der Waals surface area contributed by atoms with Crippen LogP contribution in [0.25, 0.3) is 0 Å². The molecule has 2 amide bonds. The molecule has 0 bridgehead atoms. The van der Waals surface area contributed by atoms with Gasteiger partial charge in [-0.05, 0) is 19.1 Å². The van der Waals surface area contributed by atoms with Gasteiger partial charge in [-0.25, -0.2) is 4.79 Å². The molecule has 1 aromatic rings. The highest BCUT2D eigenvalue weighted by Crippen LogP contribution is 2.07. The molecule has 0 N–H and O–H groups in total. The highest BCUT2D eigenvalue weighted by molar-refractivity contribution is 5.77. The molecule has 7 nitrogen and oxygen atoms in total. The first-order valence-electron chi connectivity index (χ1n) is 7.45. The predicted molar refractivity (Wildman–Crippen MR) is 79.6 cm³/mol. The molecule has 0 radical (unpaired) electrons. The number of aldehydes is 1. The normalized spacial score (nSPS) is 14.8. The summed E-state index contributed by atoms with van der Waals surface area (Å²) in [7, 11) is 0. The van der Waals surface area contributed by atoms with E-state index in [1.807, 2.05) is 0 Å². The summed E-state index contributed by atoms with van der Waals surface area (Å²) in [5.41, 5.74) is 0.569.